The van der Waals surface area contributed by atoms with Gasteiger partial charge in [0.25, 0.3) is 11.6 Å². The molecule has 1 saturated heterocycles. The highest BCUT2D eigenvalue weighted by molar-refractivity contribution is 5.98. The fraction of sp³-hybridized carbons (Fsp3) is 0.192. The summed E-state index contributed by atoms with van der Waals surface area (Å²) in [6.45, 7) is 3.13. The number of nitrogens with one attached hydrogen (secondary N) is 1. The first-order valence-corrected chi connectivity index (χ1v) is 11.7. The molecule has 188 valence electrons. The van der Waals surface area contributed by atoms with Crippen LogP contribution in [-0.2, 0) is 11.4 Å². The summed E-state index contributed by atoms with van der Waals surface area (Å²) in [4.78, 5) is 26.1. The quantitative estimate of drug-likeness (QED) is 0.202. The Balaban J connectivity index is 1.42. The molecule has 1 fully saturated rings. The van der Waals surface area contributed by atoms with E-state index in [0.717, 1.165) is 24.7 Å². The van der Waals surface area contributed by atoms with Gasteiger partial charge >= 0.3 is 0 Å². The summed E-state index contributed by atoms with van der Waals surface area (Å²) in [7, 11) is 0. The van der Waals surface area contributed by atoms with Gasteiger partial charge in [-0.25, -0.2) is 0 Å². The molecule has 4 aromatic rings. The summed E-state index contributed by atoms with van der Waals surface area (Å²) >= 11 is 0. The Bertz CT molecular complexity index is 1480. The molecule has 0 atom stereocenters. The van der Waals surface area contributed by atoms with Crippen molar-refractivity contribution in [2.75, 3.05) is 31.6 Å². The molecule has 2 N–H and O–H groups in total. The van der Waals surface area contributed by atoms with E-state index in [2.05, 4.69) is 20.4 Å². The number of carbonyl (C=O) groups excluding carboxylic acids is 1. The smallest absolute Gasteiger partial charge is 0.295 e. The Morgan fingerprint density at radius 2 is 1.78 bits per heavy atom. The van der Waals surface area contributed by atoms with E-state index in [1.165, 1.54) is 12.1 Å². The van der Waals surface area contributed by atoms with Crippen LogP contribution in [0.4, 0.5) is 22.7 Å². The molecule has 1 aliphatic rings. The van der Waals surface area contributed by atoms with Crippen LogP contribution in [0.15, 0.2) is 83.0 Å². The van der Waals surface area contributed by atoms with Gasteiger partial charge in [-0.2, -0.15) is 0 Å². The van der Waals surface area contributed by atoms with Crippen molar-refractivity contribution >= 4 is 39.6 Å². The van der Waals surface area contributed by atoms with Crippen LogP contribution < -0.4 is 5.32 Å². The largest absolute Gasteiger partial charge is 0.493 e. The maximum Gasteiger partial charge on any atom is 0.295 e. The average molecular weight is 501 g/mol. The number of benzene rings is 3. The van der Waals surface area contributed by atoms with Gasteiger partial charge in [-0.15, -0.1) is 10.2 Å². The van der Waals surface area contributed by atoms with Crippen molar-refractivity contribution in [3.05, 3.63) is 88.5 Å². The van der Waals surface area contributed by atoms with Gasteiger partial charge in [0, 0.05) is 30.2 Å². The van der Waals surface area contributed by atoms with Gasteiger partial charge in [0.05, 0.1) is 35.9 Å². The van der Waals surface area contributed by atoms with Crippen molar-refractivity contribution in [2.45, 2.75) is 6.67 Å². The SMILES string of the molecule is O=C(N=Nc1c(O)n(CN2CCOCC2)c2ccccc12)c1ccc(Nc2ccccc2)c([N+](=O)[O-])c1. The summed E-state index contributed by atoms with van der Waals surface area (Å²) in [5.41, 5.74) is 1.57. The first kappa shape index (κ1) is 24.1. The molecule has 1 aromatic heterocycles. The van der Waals surface area contributed by atoms with Crippen LogP contribution in [0.1, 0.15) is 10.4 Å². The van der Waals surface area contributed by atoms with Crippen LogP contribution in [0.2, 0.25) is 0 Å². The first-order valence-electron chi connectivity index (χ1n) is 11.7. The van der Waals surface area contributed by atoms with E-state index in [0.29, 0.717) is 31.0 Å². The molecule has 5 rings (SSSR count). The van der Waals surface area contributed by atoms with Crippen molar-refractivity contribution in [2.24, 2.45) is 10.2 Å². The van der Waals surface area contributed by atoms with Crippen molar-refractivity contribution in [1.82, 2.24) is 9.47 Å². The zero-order valence-corrected chi connectivity index (χ0v) is 19.8. The van der Waals surface area contributed by atoms with Gasteiger partial charge in [0.1, 0.15) is 5.69 Å². The van der Waals surface area contributed by atoms with Crippen LogP contribution in [0, 0.1) is 10.1 Å². The number of morpholine rings is 1. The van der Waals surface area contributed by atoms with Crippen molar-refractivity contribution in [3.63, 3.8) is 0 Å². The zero-order chi connectivity index (χ0) is 25.8. The molecule has 0 bridgehead atoms. The molecule has 1 aliphatic heterocycles. The number of nitro benzene ring substituents is 1. The molecule has 0 unspecified atom stereocenters. The lowest BCUT2D eigenvalue weighted by Crippen LogP contribution is -2.37. The summed E-state index contributed by atoms with van der Waals surface area (Å²) in [6, 6.07) is 20.4. The topological polar surface area (TPSA) is 135 Å². The Morgan fingerprint density at radius 3 is 2.54 bits per heavy atom. The van der Waals surface area contributed by atoms with E-state index in [4.69, 9.17) is 4.74 Å². The minimum atomic E-state index is -0.765. The fourth-order valence-electron chi connectivity index (χ4n) is 4.21. The lowest BCUT2D eigenvalue weighted by Gasteiger charge is -2.27. The predicted octanol–water partition coefficient (Wildman–Crippen LogP) is 5.21. The molecule has 3 aromatic carbocycles. The summed E-state index contributed by atoms with van der Waals surface area (Å²) in [5.74, 6) is -0.878. The maximum atomic E-state index is 12.8. The molecule has 0 radical (unpaired) electrons. The number of carbonyl (C=O) groups is 1. The summed E-state index contributed by atoms with van der Waals surface area (Å²) in [6.07, 6.45) is 0. The second kappa shape index (κ2) is 10.6. The van der Waals surface area contributed by atoms with Crippen LogP contribution in [-0.4, -0.2) is 51.7 Å². The van der Waals surface area contributed by atoms with Gasteiger partial charge in [0.15, 0.2) is 5.69 Å². The van der Waals surface area contributed by atoms with Gasteiger partial charge in [-0.1, -0.05) is 36.4 Å². The van der Waals surface area contributed by atoms with Crippen LogP contribution in [0.5, 0.6) is 5.88 Å². The van der Waals surface area contributed by atoms with E-state index in [1.807, 2.05) is 24.3 Å². The van der Waals surface area contributed by atoms with Gasteiger partial charge in [0.2, 0.25) is 5.88 Å². The number of hydrogen-bond donors (Lipinski definition) is 2. The number of nitro groups is 1. The molecule has 0 spiro atoms. The lowest BCUT2D eigenvalue weighted by molar-refractivity contribution is -0.383. The average Bonchev–Trinajstić information content (AvgIpc) is 3.19. The van der Waals surface area contributed by atoms with Gasteiger partial charge in [-0.05, 0) is 30.3 Å². The number of hydrogen-bond acceptors (Lipinski definition) is 8. The minimum absolute atomic E-state index is 0.00519. The van der Waals surface area contributed by atoms with Crippen molar-refractivity contribution in [3.8, 4) is 5.88 Å². The molecule has 1 amide bonds. The molecule has 11 heteroatoms. The van der Waals surface area contributed by atoms with E-state index >= 15 is 0 Å². The number of nitrogens with zero attached hydrogens (tertiary/aromatic N) is 5. The van der Waals surface area contributed by atoms with Crippen molar-refractivity contribution in [1.29, 1.82) is 0 Å². The van der Waals surface area contributed by atoms with Gasteiger partial charge in [-0.3, -0.25) is 24.4 Å². The van der Waals surface area contributed by atoms with Crippen molar-refractivity contribution < 1.29 is 19.6 Å². The van der Waals surface area contributed by atoms with E-state index in [9.17, 15) is 20.0 Å². The molecule has 2 heterocycles. The number of amides is 1. The number of fused-ring (bicyclic) bond motifs is 1. The number of ether oxygens (including phenoxy) is 1. The number of aromatic hydroxyl groups is 1. The molecule has 37 heavy (non-hydrogen) atoms. The number of azo groups is 1. The Labute approximate surface area is 211 Å². The second-order valence-electron chi connectivity index (χ2n) is 8.47. The standard InChI is InChI=1S/C26H24N6O5/c33-25(18-10-11-21(23(16-18)32(35)36)27-19-6-2-1-3-7-19)29-28-24-20-8-4-5-9-22(20)31(26(24)34)17-30-12-14-37-15-13-30/h1-11,16,27,34H,12-15,17H2. The third kappa shape index (κ3) is 5.17. The molecular weight excluding hydrogens is 476 g/mol. The molecular formula is C26H24N6O5. The number of aromatic nitrogens is 1. The Kier molecular flexibility index (Phi) is 6.88. The summed E-state index contributed by atoms with van der Waals surface area (Å²) < 4.78 is 7.11. The molecule has 0 aliphatic carbocycles. The van der Waals surface area contributed by atoms with E-state index < -0.39 is 10.8 Å². The number of rotatable bonds is 7. The number of para-hydroxylation sites is 2. The third-order valence-electron chi connectivity index (χ3n) is 6.10. The van der Waals surface area contributed by atoms with E-state index in [-0.39, 0.29) is 28.5 Å². The highest BCUT2D eigenvalue weighted by Gasteiger charge is 2.21. The van der Waals surface area contributed by atoms with E-state index in [1.54, 1.807) is 34.9 Å². The Morgan fingerprint density at radius 1 is 1.05 bits per heavy atom. The van der Waals surface area contributed by atoms with Crippen LogP contribution in [0.25, 0.3) is 10.9 Å². The van der Waals surface area contributed by atoms with Gasteiger partial charge < -0.3 is 15.2 Å². The summed E-state index contributed by atoms with van der Waals surface area (Å²) in [5, 5.41) is 34.1. The highest BCUT2D eigenvalue weighted by atomic mass is 16.6. The monoisotopic (exact) mass is 500 g/mol. The fourth-order valence-corrected chi connectivity index (χ4v) is 4.21. The Hall–Kier alpha value is -4.61. The normalized spacial score (nSPS) is 14.3. The highest BCUT2D eigenvalue weighted by Crippen LogP contribution is 2.39. The lowest BCUT2D eigenvalue weighted by atomic mass is 10.1. The second-order valence-corrected chi connectivity index (χ2v) is 8.47. The first-order chi connectivity index (χ1) is 18.0. The third-order valence-corrected chi connectivity index (χ3v) is 6.10. The maximum absolute atomic E-state index is 12.8. The van der Waals surface area contributed by atoms with Crippen LogP contribution >= 0.6 is 0 Å². The zero-order valence-electron chi connectivity index (χ0n) is 19.8. The molecule has 0 saturated carbocycles. The minimum Gasteiger partial charge on any atom is -0.493 e. The van der Waals surface area contributed by atoms with Crippen LogP contribution in [0.3, 0.4) is 0 Å². The predicted molar refractivity (Wildman–Crippen MR) is 138 cm³/mol. The number of anilines is 2. The molecule has 11 nitrogen and oxygen atoms in total.